The van der Waals surface area contributed by atoms with Gasteiger partial charge in [0.15, 0.2) is 0 Å². The molecule has 1 heteroatoms. The van der Waals surface area contributed by atoms with Crippen LogP contribution in [0.4, 0.5) is 0 Å². The van der Waals surface area contributed by atoms with Gasteiger partial charge >= 0.3 is 0 Å². The fraction of sp³-hybridized carbons (Fsp3) is 0.700. The van der Waals surface area contributed by atoms with Crippen molar-refractivity contribution in [3.05, 3.63) is 11.6 Å². The van der Waals surface area contributed by atoms with Crippen LogP contribution in [0.15, 0.2) is 11.6 Å². The Morgan fingerprint density at radius 2 is 2.09 bits per heavy atom. The molecule has 0 aromatic carbocycles. The number of allylic oxidation sites excluding steroid dienone is 2. The van der Waals surface area contributed by atoms with Crippen LogP contribution in [-0.4, -0.2) is 6.29 Å². The Hall–Kier alpha value is -0.590. The summed E-state index contributed by atoms with van der Waals surface area (Å²) in [5, 5.41) is 0. The van der Waals surface area contributed by atoms with Gasteiger partial charge in [0.25, 0.3) is 0 Å². The van der Waals surface area contributed by atoms with Gasteiger partial charge < -0.3 is 0 Å². The lowest BCUT2D eigenvalue weighted by atomic mass is 10.0. The predicted octanol–water partition coefficient (Wildman–Crippen LogP) is 3.10. The van der Waals surface area contributed by atoms with Crippen LogP contribution in [0.3, 0.4) is 0 Å². The second-order valence-electron chi connectivity index (χ2n) is 2.85. The van der Waals surface area contributed by atoms with Gasteiger partial charge in [-0.05, 0) is 31.3 Å². The summed E-state index contributed by atoms with van der Waals surface area (Å²) in [6.07, 6.45) is 8.83. The Labute approximate surface area is 69.5 Å². The highest BCUT2D eigenvalue weighted by molar-refractivity contribution is 5.73. The highest BCUT2D eigenvalue weighted by Crippen LogP contribution is 2.14. The second kappa shape index (κ2) is 7.52. The van der Waals surface area contributed by atoms with Crippen LogP contribution >= 0.6 is 0 Å². The third kappa shape index (κ3) is 5.84. The molecule has 1 aliphatic rings. The maximum atomic E-state index is 10.1. The Morgan fingerprint density at radius 1 is 1.45 bits per heavy atom. The van der Waals surface area contributed by atoms with Crippen LogP contribution < -0.4 is 0 Å². The largest absolute Gasteiger partial charge is 0.298 e. The number of carbonyl (C=O) groups is 1. The van der Waals surface area contributed by atoms with E-state index in [2.05, 4.69) is 13.8 Å². The normalized spacial score (nSPS) is 16.0. The van der Waals surface area contributed by atoms with Crippen molar-refractivity contribution < 1.29 is 4.79 Å². The lowest BCUT2D eigenvalue weighted by molar-refractivity contribution is -0.105. The predicted molar refractivity (Wildman–Crippen MR) is 48.6 cm³/mol. The Morgan fingerprint density at radius 3 is 2.36 bits per heavy atom. The molecule has 0 aliphatic heterocycles. The third-order valence-corrected chi connectivity index (χ3v) is 1.48. The van der Waals surface area contributed by atoms with Crippen molar-refractivity contribution in [1.82, 2.24) is 0 Å². The van der Waals surface area contributed by atoms with E-state index >= 15 is 0 Å². The molecule has 0 fully saturated rings. The zero-order chi connectivity index (χ0) is 8.53. The molecule has 1 nitrogen and oxygen atoms in total. The molecule has 0 N–H and O–H groups in total. The molecule has 0 heterocycles. The van der Waals surface area contributed by atoms with Crippen LogP contribution in [0.2, 0.25) is 0 Å². The van der Waals surface area contributed by atoms with E-state index in [1.807, 2.05) is 6.08 Å². The summed E-state index contributed by atoms with van der Waals surface area (Å²) in [6, 6.07) is 0. The molecular formula is C10H18O. The average molecular weight is 154 g/mol. The van der Waals surface area contributed by atoms with Gasteiger partial charge in [-0.3, -0.25) is 4.79 Å². The molecule has 0 unspecified atom stereocenters. The van der Waals surface area contributed by atoms with E-state index in [0.717, 1.165) is 24.7 Å². The van der Waals surface area contributed by atoms with Crippen LogP contribution in [0.25, 0.3) is 0 Å². The zero-order valence-electron chi connectivity index (χ0n) is 7.60. The van der Waals surface area contributed by atoms with Crippen LogP contribution in [0, 0.1) is 0 Å². The van der Waals surface area contributed by atoms with E-state index in [9.17, 15) is 4.79 Å². The maximum absolute atomic E-state index is 10.1. The first-order valence-corrected chi connectivity index (χ1v) is 4.49. The first-order valence-electron chi connectivity index (χ1n) is 4.49. The standard InChI is InChI=1S/C7H10O.C3H8/c8-6-7-4-2-1-3-5-7;1-3-2/h4,6H,1-3,5H2;3H2,1-2H3. The molecule has 0 saturated heterocycles. The Bertz CT molecular complexity index is 125. The van der Waals surface area contributed by atoms with E-state index in [0.29, 0.717) is 0 Å². The summed E-state index contributed by atoms with van der Waals surface area (Å²) >= 11 is 0. The zero-order valence-corrected chi connectivity index (χ0v) is 7.60. The number of rotatable bonds is 1. The van der Waals surface area contributed by atoms with Crippen molar-refractivity contribution >= 4 is 6.29 Å². The van der Waals surface area contributed by atoms with Crippen LogP contribution in [-0.2, 0) is 4.79 Å². The van der Waals surface area contributed by atoms with Crippen LogP contribution in [0.1, 0.15) is 46.0 Å². The lowest BCUT2D eigenvalue weighted by Crippen LogP contribution is -1.91. The van der Waals surface area contributed by atoms with Crippen LogP contribution in [0.5, 0.6) is 0 Å². The quantitative estimate of drug-likeness (QED) is 0.530. The molecule has 0 aromatic rings. The molecule has 1 aliphatic carbocycles. The van der Waals surface area contributed by atoms with Crippen molar-refractivity contribution in [2.45, 2.75) is 46.0 Å². The first kappa shape index (κ1) is 10.4. The van der Waals surface area contributed by atoms with E-state index in [-0.39, 0.29) is 0 Å². The van der Waals surface area contributed by atoms with Crippen molar-refractivity contribution in [2.24, 2.45) is 0 Å². The van der Waals surface area contributed by atoms with Gasteiger partial charge in [0, 0.05) is 0 Å². The van der Waals surface area contributed by atoms with Crippen molar-refractivity contribution in [2.75, 3.05) is 0 Å². The van der Waals surface area contributed by atoms with Gasteiger partial charge in [-0.15, -0.1) is 0 Å². The van der Waals surface area contributed by atoms with Gasteiger partial charge in [-0.2, -0.15) is 0 Å². The SMILES string of the molecule is CCC.O=CC1=CCCCC1. The molecule has 0 radical (unpaired) electrons. The molecule has 64 valence electrons. The molecule has 0 bridgehead atoms. The lowest BCUT2D eigenvalue weighted by Gasteiger charge is -2.04. The average Bonchev–Trinajstić information content (AvgIpc) is 2.08. The fourth-order valence-corrected chi connectivity index (χ4v) is 0.970. The van der Waals surface area contributed by atoms with Crippen molar-refractivity contribution in [3.8, 4) is 0 Å². The summed E-state index contributed by atoms with van der Waals surface area (Å²) in [4.78, 5) is 10.1. The third-order valence-electron chi connectivity index (χ3n) is 1.48. The number of hydrogen-bond donors (Lipinski definition) is 0. The Balaban J connectivity index is 0.000000292. The number of carbonyl (C=O) groups excluding carboxylic acids is 1. The van der Waals surface area contributed by atoms with E-state index in [1.54, 1.807) is 0 Å². The summed E-state index contributed by atoms with van der Waals surface area (Å²) in [5.41, 5.74) is 0.997. The van der Waals surface area contributed by atoms with Gasteiger partial charge in [-0.25, -0.2) is 0 Å². The monoisotopic (exact) mass is 154 g/mol. The minimum Gasteiger partial charge on any atom is -0.298 e. The number of aldehydes is 1. The Kier molecular flexibility index (Phi) is 7.11. The first-order chi connectivity index (χ1) is 5.35. The van der Waals surface area contributed by atoms with Gasteiger partial charge in [0.1, 0.15) is 6.29 Å². The second-order valence-corrected chi connectivity index (χ2v) is 2.85. The molecule has 1 rings (SSSR count). The summed E-state index contributed by atoms with van der Waals surface area (Å²) < 4.78 is 0. The highest BCUT2D eigenvalue weighted by atomic mass is 16.1. The molecule has 0 atom stereocenters. The minimum absolute atomic E-state index is 0.971. The summed E-state index contributed by atoms with van der Waals surface area (Å²) in [5.74, 6) is 0. The topological polar surface area (TPSA) is 17.1 Å². The smallest absolute Gasteiger partial charge is 0.145 e. The summed E-state index contributed by atoms with van der Waals surface area (Å²) in [6.45, 7) is 4.25. The number of hydrogen-bond acceptors (Lipinski definition) is 1. The van der Waals surface area contributed by atoms with E-state index in [4.69, 9.17) is 0 Å². The van der Waals surface area contributed by atoms with Gasteiger partial charge in [0.2, 0.25) is 0 Å². The highest BCUT2D eigenvalue weighted by Gasteiger charge is 1.99. The maximum Gasteiger partial charge on any atom is 0.145 e. The van der Waals surface area contributed by atoms with Crippen molar-refractivity contribution in [1.29, 1.82) is 0 Å². The minimum atomic E-state index is 0.971. The molecule has 0 saturated carbocycles. The van der Waals surface area contributed by atoms with Gasteiger partial charge in [0.05, 0.1) is 0 Å². The fourth-order valence-electron chi connectivity index (χ4n) is 0.970. The molecule has 11 heavy (non-hydrogen) atoms. The molecule has 0 amide bonds. The van der Waals surface area contributed by atoms with E-state index < -0.39 is 0 Å². The van der Waals surface area contributed by atoms with E-state index in [1.165, 1.54) is 19.3 Å². The molecular weight excluding hydrogens is 136 g/mol. The summed E-state index contributed by atoms with van der Waals surface area (Å²) in [7, 11) is 0. The van der Waals surface area contributed by atoms with Gasteiger partial charge in [-0.1, -0.05) is 26.3 Å². The molecule has 0 aromatic heterocycles. The van der Waals surface area contributed by atoms with Crippen molar-refractivity contribution in [3.63, 3.8) is 0 Å². The molecule has 0 spiro atoms.